The van der Waals surface area contributed by atoms with Crippen LogP contribution in [0.25, 0.3) is 0 Å². The summed E-state index contributed by atoms with van der Waals surface area (Å²) in [6.07, 6.45) is 2.20. The van der Waals surface area contributed by atoms with Crippen molar-refractivity contribution in [2.45, 2.75) is 20.0 Å². The van der Waals surface area contributed by atoms with Gasteiger partial charge in [0, 0.05) is 16.6 Å². The van der Waals surface area contributed by atoms with Gasteiger partial charge in [0.15, 0.2) is 0 Å². The first-order chi connectivity index (χ1) is 12.6. The fraction of sp³-hybridized carbons (Fsp3) is 0.211. The molecule has 0 aromatic heterocycles. The van der Waals surface area contributed by atoms with E-state index in [1.807, 2.05) is 55.5 Å². The molecule has 2 rings (SSSR count). The zero-order valence-electron chi connectivity index (χ0n) is 14.4. The summed E-state index contributed by atoms with van der Waals surface area (Å²) >= 11 is 3.40. The van der Waals surface area contributed by atoms with Crippen LogP contribution in [-0.4, -0.2) is 24.6 Å². The predicted molar refractivity (Wildman–Crippen MR) is 104 cm³/mol. The fourth-order valence-electron chi connectivity index (χ4n) is 1.99. The van der Waals surface area contributed by atoms with Crippen LogP contribution in [0.2, 0.25) is 0 Å². The van der Waals surface area contributed by atoms with E-state index in [-0.39, 0.29) is 0 Å². The van der Waals surface area contributed by atoms with Crippen molar-refractivity contribution in [3.63, 3.8) is 0 Å². The highest BCUT2D eigenvalue weighted by molar-refractivity contribution is 9.10. The first kappa shape index (κ1) is 19.7. The molecule has 0 spiro atoms. The van der Waals surface area contributed by atoms with Crippen LogP contribution in [0.4, 0.5) is 0 Å². The Morgan fingerprint density at radius 1 is 1.12 bits per heavy atom. The summed E-state index contributed by atoms with van der Waals surface area (Å²) in [5, 5.41) is 6.31. The molecule has 0 aliphatic carbocycles. The van der Waals surface area contributed by atoms with Crippen LogP contribution in [0.3, 0.4) is 0 Å². The number of carbonyl (C=O) groups is 2. The van der Waals surface area contributed by atoms with E-state index in [0.717, 1.165) is 16.5 Å². The van der Waals surface area contributed by atoms with E-state index in [2.05, 4.69) is 31.8 Å². The molecule has 7 heteroatoms. The summed E-state index contributed by atoms with van der Waals surface area (Å²) in [6.45, 7) is 2.76. The lowest BCUT2D eigenvalue weighted by Gasteiger charge is -2.09. The first-order valence-electron chi connectivity index (χ1n) is 8.17. The maximum Gasteiger partial charge on any atom is 0.329 e. The SMILES string of the molecule is CCCNC(=O)C(=O)N/N=C\c1ccccc1OCc1ccc(Br)cc1. The number of hydrazone groups is 1. The number of nitrogens with one attached hydrogen (secondary N) is 2. The molecule has 0 heterocycles. The second-order valence-corrected chi connectivity index (χ2v) is 6.32. The maximum absolute atomic E-state index is 11.6. The molecule has 26 heavy (non-hydrogen) atoms. The second-order valence-electron chi connectivity index (χ2n) is 5.41. The minimum atomic E-state index is -0.803. The molecule has 0 saturated carbocycles. The number of para-hydroxylation sites is 1. The van der Waals surface area contributed by atoms with Gasteiger partial charge >= 0.3 is 11.8 Å². The molecule has 2 N–H and O–H groups in total. The molecule has 2 aromatic rings. The summed E-state index contributed by atoms with van der Waals surface area (Å²) < 4.78 is 6.83. The Labute approximate surface area is 160 Å². The zero-order valence-corrected chi connectivity index (χ0v) is 16.0. The highest BCUT2D eigenvalue weighted by atomic mass is 79.9. The number of nitrogens with zero attached hydrogens (tertiary/aromatic N) is 1. The van der Waals surface area contributed by atoms with Crippen LogP contribution in [0, 0.1) is 0 Å². The normalized spacial score (nSPS) is 10.5. The van der Waals surface area contributed by atoms with Crippen LogP contribution in [-0.2, 0) is 16.2 Å². The quantitative estimate of drug-likeness (QED) is 0.412. The van der Waals surface area contributed by atoms with Crippen molar-refractivity contribution < 1.29 is 14.3 Å². The largest absolute Gasteiger partial charge is 0.488 e. The Hall–Kier alpha value is -2.67. The zero-order chi connectivity index (χ0) is 18.8. The number of carbonyl (C=O) groups excluding carboxylic acids is 2. The van der Waals surface area contributed by atoms with Crippen molar-refractivity contribution in [3.8, 4) is 5.75 Å². The molecule has 0 aliphatic heterocycles. The third-order valence-electron chi connectivity index (χ3n) is 3.34. The van der Waals surface area contributed by atoms with Crippen LogP contribution < -0.4 is 15.5 Å². The third kappa shape index (κ3) is 6.33. The molecular weight excluding hydrogens is 398 g/mol. The van der Waals surface area contributed by atoms with Crippen molar-refractivity contribution in [1.29, 1.82) is 0 Å². The van der Waals surface area contributed by atoms with Crippen molar-refractivity contribution in [2.24, 2.45) is 5.10 Å². The van der Waals surface area contributed by atoms with Crippen LogP contribution in [0.1, 0.15) is 24.5 Å². The van der Waals surface area contributed by atoms with Gasteiger partial charge in [-0.1, -0.05) is 47.1 Å². The summed E-state index contributed by atoms with van der Waals surface area (Å²) in [5.41, 5.74) is 3.93. The van der Waals surface area contributed by atoms with Crippen LogP contribution in [0.15, 0.2) is 58.1 Å². The minimum Gasteiger partial charge on any atom is -0.488 e. The van der Waals surface area contributed by atoms with E-state index < -0.39 is 11.8 Å². The van der Waals surface area contributed by atoms with Gasteiger partial charge in [0.25, 0.3) is 0 Å². The second kappa shape index (κ2) is 10.4. The van der Waals surface area contributed by atoms with E-state index in [1.165, 1.54) is 6.21 Å². The van der Waals surface area contributed by atoms with E-state index >= 15 is 0 Å². The molecule has 2 aromatic carbocycles. The Bertz CT molecular complexity index is 776. The topological polar surface area (TPSA) is 79.8 Å². The Morgan fingerprint density at radius 2 is 1.85 bits per heavy atom. The Balaban J connectivity index is 1.94. The van der Waals surface area contributed by atoms with Gasteiger partial charge in [-0.25, -0.2) is 5.43 Å². The summed E-state index contributed by atoms with van der Waals surface area (Å²) in [5.74, 6) is -0.879. The number of rotatable bonds is 7. The predicted octanol–water partition coefficient (Wildman–Crippen LogP) is 3.00. The Morgan fingerprint density at radius 3 is 2.58 bits per heavy atom. The van der Waals surface area contributed by atoms with E-state index in [4.69, 9.17) is 4.74 Å². The lowest BCUT2D eigenvalue weighted by atomic mass is 10.2. The molecule has 136 valence electrons. The van der Waals surface area contributed by atoms with Gasteiger partial charge in [-0.15, -0.1) is 0 Å². The molecule has 0 unspecified atom stereocenters. The van der Waals surface area contributed by atoms with Gasteiger partial charge in [-0.2, -0.15) is 5.10 Å². The van der Waals surface area contributed by atoms with Crippen LogP contribution >= 0.6 is 15.9 Å². The highest BCUT2D eigenvalue weighted by Crippen LogP contribution is 2.18. The lowest BCUT2D eigenvalue weighted by molar-refractivity contribution is -0.139. The average Bonchev–Trinajstić information content (AvgIpc) is 2.66. The molecule has 0 saturated heterocycles. The number of ether oxygens (including phenoxy) is 1. The van der Waals surface area contributed by atoms with Crippen molar-refractivity contribution in [3.05, 3.63) is 64.1 Å². The standard InChI is InChI=1S/C19H20BrN3O3/c1-2-11-21-18(24)19(25)23-22-12-15-5-3-4-6-17(15)26-13-14-7-9-16(20)10-8-14/h3-10,12H,2,11,13H2,1H3,(H,21,24)(H,23,25)/b22-12-. The highest BCUT2D eigenvalue weighted by Gasteiger charge is 2.11. The van der Waals surface area contributed by atoms with Crippen molar-refractivity contribution in [2.75, 3.05) is 6.54 Å². The van der Waals surface area contributed by atoms with Gasteiger partial charge in [0.05, 0.1) is 6.21 Å². The van der Waals surface area contributed by atoms with Crippen molar-refractivity contribution >= 4 is 34.0 Å². The summed E-state index contributed by atoms with van der Waals surface area (Å²) in [6, 6.07) is 15.1. The number of benzene rings is 2. The smallest absolute Gasteiger partial charge is 0.329 e. The molecule has 0 bridgehead atoms. The number of amides is 2. The Kier molecular flexibility index (Phi) is 7.82. The van der Waals surface area contributed by atoms with E-state index in [0.29, 0.717) is 24.5 Å². The van der Waals surface area contributed by atoms with Crippen LogP contribution in [0.5, 0.6) is 5.75 Å². The molecule has 0 aliphatic rings. The third-order valence-corrected chi connectivity index (χ3v) is 3.87. The van der Waals surface area contributed by atoms with Gasteiger partial charge < -0.3 is 10.1 Å². The molecule has 0 radical (unpaired) electrons. The maximum atomic E-state index is 11.6. The number of halogens is 1. The number of hydrogen-bond donors (Lipinski definition) is 2. The van der Waals surface area contributed by atoms with Gasteiger partial charge in [-0.05, 0) is 36.2 Å². The molecular formula is C19H20BrN3O3. The van der Waals surface area contributed by atoms with E-state index in [1.54, 1.807) is 0 Å². The fourth-order valence-corrected chi connectivity index (χ4v) is 2.25. The minimum absolute atomic E-state index is 0.407. The van der Waals surface area contributed by atoms with Gasteiger partial charge in [-0.3, -0.25) is 9.59 Å². The van der Waals surface area contributed by atoms with Gasteiger partial charge in [0.1, 0.15) is 12.4 Å². The summed E-state index contributed by atoms with van der Waals surface area (Å²) in [4.78, 5) is 23.1. The molecule has 6 nitrogen and oxygen atoms in total. The first-order valence-corrected chi connectivity index (χ1v) is 8.97. The monoisotopic (exact) mass is 417 g/mol. The average molecular weight is 418 g/mol. The molecule has 0 atom stereocenters. The molecule has 2 amide bonds. The molecule has 0 fully saturated rings. The van der Waals surface area contributed by atoms with Gasteiger partial charge in [0.2, 0.25) is 0 Å². The summed E-state index contributed by atoms with van der Waals surface area (Å²) in [7, 11) is 0. The number of hydrogen-bond acceptors (Lipinski definition) is 4. The lowest BCUT2D eigenvalue weighted by Crippen LogP contribution is -2.38. The van der Waals surface area contributed by atoms with E-state index in [9.17, 15) is 9.59 Å². The van der Waals surface area contributed by atoms with Crippen molar-refractivity contribution in [1.82, 2.24) is 10.7 Å².